The van der Waals surface area contributed by atoms with E-state index in [2.05, 4.69) is 26.3 Å². The number of amides is 1. The highest BCUT2D eigenvalue weighted by Gasteiger charge is 2.15. The molecule has 1 N–H and O–H groups in total. The molecule has 0 unspecified atom stereocenters. The first-order chi connectivity index (χ1) is 12.0. The van der Waals surface area contributed by atoms with Gasteiger partial charge in [-0.2, -0.15) is 5.10 Å². The first-order valence-corrected chi connectivity index (χ1v) is 8.64. The highest BCUT2D eigenvalue weighted by Crippen LogP contribution is 2.23. The number of para-hydroxylation sites is 1. The predicted molar refractivity (Wildman–Crippen MR) is 101 cm³/mol. The van der Waals surface area contributed by atoms with E-state index in [9.17, 15) is 4.79 Å². The molecular weight excluding hydrogens is 382 g/mol. The Hall–Kier alpha value is -2.60. The van der Waals surface area contributed by atoms with E-state index >= 15 is 0 Å². The monoisotopic (exact) mass is 399 g/mol. The van der Waals surface area contributed by atoms with E-state index in [0.29, 0.717) is 11.4 Å². The van der Waals surface area contributed by atoms with Crippen LogP contribution in [0, 0.1) is 13.8 Å². The fourth-order valence-electron chi connectivity index (χ4n) is 2.50. The summed E-state index contributed by atoms with van der Waals surface area (Å²) in [5, 5.41) is 7.41. The number of anilines is 1. The zero-order valence-electron chi connectivity index (χ0n) is 14.0. The van der Waals surface area contributed by atoms with Crippen LogP contribution >= 0.6 is 15.9 Å². The third-order valence-corrected chi connectivity index (χ3v) is 4.27. The van der Waals surface area contributed by atoms with Gasteiger partial charge in [0.2, 0.25) is 0 Å². The fraction of sp³-hybridized carbons (Fsp3) is 0.158. The molecule has 3 rings (SSSR count). The van der Waals surface area contributed by atoms with Crippen molar-refractivity contribution in [2.75, 3.05) is 11.9 Å². The average molecular weight is 400 g/mol. The van der Waals surface area contributed by atoms with Crippen LogP contribution in [0.5, 0.6) is 5.75 Å². The second-order valence-corrected chi connectivity index (χ2v) is 6.50. The van der Waals surface area contributed by atoms with E-state index in [1.54, 1.807) is 12.1 Å². The summed E-state index contributed by atoms with van der Waals surface area (Å²) in [5.74, 6) is 0.425. The maximum absolute atomic E-state index is 12.2. The molecule has 0 aliphatic rings. The summed E-state index contributed by atoms with van der Waals surface area (Å²) in [6.45, 7) is 3.74. The third kappa shape index (κ3) is 4.09. The number of ether oxygens (including phenoxy) is 1. The number of nitrogens with one attached hydrogen (secondary N) is 1. The van der Waals surface area contributed by atoms with Crippen LogP contribution in [0.3, 0.4) is 0 Å². The van der Waals surface area contributed by atoms with Crippen molar-refractivity contribution in [3.05, 3.63) is 70.5 Å². The number of rotatable bonds is 5. The smallest absolute Gasteiger partial charge is 0.262 e. The first kappa shape index (κ1) is 17.2. The van der Waals surface area contributed by atoms with E-state index in [-0.39, 0.29) is 12.5 Å². The maximum atomic E-state index is 12.2. The maximum Gasteiger partial charge on any atom is 0.262 e. The van der Waals surface area contributed by atoms with E-state index in [4.69, 9.17) is 4.74 Å². The van der Waals surface area contributed by atoms with E-state index < -0.39 is 0 Å². The van der Waals surface area contributed by atoms with Crippen LogP contribution in [0.2, 0.25) is 0 Å². The zero-order valence-corrected chi connectivity index (χ0v) is 15.6. The largest absolute Gasteiger partial charge is 0.484 e. The van der Waals surface area contributed by atoms with Gasteiger partial charge >= 0.3 is 0 Å². The topological polar surface area (TPSA) is 56.2 Å². The van der Waals surface area contributed by atoms with E-state index in [0.717, 1.165) is 21.5 Å². The van der Waals surface area contributed by atoms with E-state index in [1.165, 1.54) is 0 Å². The fourth-order valence-corrected chi connectivity index (χ4v) is 2.76. The summed E-state index contributed by atoms with van der Waals surface area (Å²) in [6.07, 6.45) is 0. The van der Waals surface area contributed by atoms with Gasteiger partial charge in [-0.1, -0.05) is 34.1 Å². The molecule has 25 heavy (non-hydrogen) atoms. The van der Waals surface area contributed by atoms with Gasteiger partial charge in [0.15, 0.2) is 6.61 Å². The van der Waals surface area contributed by atoms with Gasteiger partial charge in [-0.05, 0) is 50.2 Å². The van der Waals surface area contributed by atoms with Crippen LogP contribution in [0.1, 0.15) is 11.4 Å². The van der Waals surface area contributed by atoms with Crippen LogP contribution < -0.4 is 10.1 Å². The highest BCUT2D eigenvalue weighted by atomic mass is 79.9. The number of aryl methyl sites for hydroxylation is 1. The number of benzene rings is 2. The molecule has 2 aromatic carbocycles. The van der Waals surface area contributed by atoms with Crippen molar-refractivity contribution >= 4 is 27.5 Å². The zero-order chi connectivity index (χ0) is 17.8. The first-order valence-electron chi connectivity index (χ1n) is 7.84. The molecule has 128 valence electrons. The molecule has 0 atom stereocenters. The number of nitrogens with zero attached hydrogens (tertiary/aromatic N) is 2. The summed E-state index contributed by atoms with van der Waals surface area (Å²) >= 11 is 3.36. The Labute approximate surface area is 154 Å². The lowest BCUT2D eigenvalue weighted by Crippen LogP contribution is -2.20. The molecule has 0 aliphatic carbocycles. The summed E-state index contributed by atoms with van der Waals surface area (Å²) < 4.78 is 8.29. The van der Waals surface area contributed by atoms with E-state index in [1.807, 2.05) is 61.0 Å². The lowest BCUT2D eigenvalue weighted by Gasteiger charge is -2.08. The molecule has 5 nitrogen and oxygen atoms in total. The Kier molecular flexibility index (Phi) is 5.19. The van der Waals surface area contributed by atoms with Gasteiger partial charge in [0.05, 0.1) is 22.8 Å². The lowest BCUT2D eigenvalue weighted by atomic mass is 10.3. The second-order valence-electron chi connectivity index (χ2n) is 5.58. The van der Waals surface area contributed by atoms with Crippen molar-refractivity contribution in [1.29, 1.82) is 0 Å². The number of aromatic nitrogens is 2. The summed E-state index contributed by atoms with van der Waals surface area (Å²) in [4.78, 5) is 12.2. The Morgan fingerprint density at radius 3 is 2.48 bits per heavy atom. The SMILES string of the molecule is Cc1nn(-c2ccccc2)c(C)c1NC(=O)COc1ccc(Br)cc1. The summed E-state index contributed by atoms with van der Waals surface area (Å²) in [5.41, 5.74) is 3.31. The molecule has 6 heteroatoms. The Balaban J connectivity index is 1.69. The van der Waals surface area contributed by atoms with Crippen LogP contribution in [-0.2, 0) is 4.79 Å². The number of carbonyl (C=O) groups excluding carboxylic acids is 1. The van der Waals surface area contributed by atoms with Crippen molar-refractivity contribution in [3.63, 3.8) is 0 Å². The van der Waals surface area contributed by atoms with Crippen molar-refractivity contribution in [2.24, 2.45) is 0 Å². The summed E-state index contributed by atoms with van der Waals surface area (Å²) in [7, 11) is 0. The molecule has 0 spiro atoms. The van der Waals surface area contributed by atoms with Gasteiger partial charge in [0.25, 0.3) is 5.91 Å². The molecule has 0 saturated heterocycles. The van der Waals surface area contributed by atoms with Crippen molar-refractivity contribution in [3.8, 4) is 11.4 Å². The quantitative estimate of drug-likeness (QED) is 0.696. The van der Waals surface area contributed by atoms with Crippen molar-refractivity contribution < 1.29 is 9.53 Å². The molecule has 1 amide bonds. The number of hydrogen-bond donors (Lipinski definition) is 1. The standard InChI is InChI=1S/C19H18BrN3O2/c1-13-19(14(2)23(22-13)16-6-4-3-5-7-16)21-18(24)12-25-17-10-8-15(20)9-11-17/h3-11H,12H2,1-2H3,(H,21,24). The molecule has 0 radical (unpaired) electrons. The van der Waals surface area contributed by atoms with Crippen molar-refractivity contribution in [1.82, 2.24) is 9.78 Å². The third-order valence-electron chi connectivity index (χ3n) is 3.74. The molecule has 3 aromatic rings. The van der Waals surface area contributed by atoms with Gasteiger partial charge in [-0.25, -0.2) is 4.68 Å². The average Bonchev–Trinajstić information content (AvgIpc) is 2.90. The minimum atomic E-state index is -0.221. The van der Waals surface area contributed by atoms with Gasteiger partial charge < -0.3 is 10.1 Å². The van der Waals surface area contributed by atoms with Crippen LogP contribution in [0.15, 0.2) is 59.1 Å². The Morgan fingerprint density at radius 1 is 1.12 bits per heavy atom. The molecule has 1 heterocycles. The highest BCUT2D eigenvalue weighted by molar-refractivity contribution is 9.10. The number of hydrogen-bond acceptors (Lipinski definition) is 3. The van der Waals surface area contributed by atoms with Gasteiger partial charge in [0, 0.05) is 4.47 Å². The Bertz CT molecular complexity index is 874. The van der Waals surface area contributed by atoms with Gasteiger partial charge in [-0.15, -0.1) is 0 Å². The minimum Gasteiger partial charge on any atom is -0.484 e. The number of halogens is 1. The molecule has 0 aliphatic heterocycles. The van der Waals surface area contributed by atoms with Crippen LogP contribution in [-0.4, -0.2) is 22.3 Å². The van der Waals surface area contributed by atoms with Gasteiger partial charge in [-0.3, -0.25) is 4.79 Å². The molecule has 1 aromatic heterocycles. The normalized spacial score (nSPS) is 10.5. The molecule has 0 bridgehead atoms. The Morgan fingerprint density at radius 2 is 1.80 bits per heavy atom. The second kappa shape index (κ2) is 7.53. The molecule has 0 saturated carbocycles. The number of carbonyl (C=O) groups is 1. The van der Waals surface area contributed by atoms with Gasteiger partial charge in [0.1, 0.15) is 5.75 Å². The van der Waals surface area contributed by atoms with Crippen molar-refractivity contribution in [2.45, 2.75) is 13.8 Å². The lowest BCUT2D eigenvalue weighted by molar-refractivity contribution is -0.118. The van der Waals surface area contributed by atoms with Crippen LogP contribution in [0.25, 0.3) is 5.69 Å². The predicted octanol–water partition coefficient (Wildman–Crippen LogP) is 4.27. The minimum absolute atomic E-state index is 0.0585. The molecular formula is C19H18BrN3O2. The summed E-state index contributed by atoms with van der Waals surface area (Å²) in [6, 6.07) is 17.2. The molecule has 0 fully saturated rings. The van der Waals surface area contributed by atoms with Crippen LogP contribution in [0.4, 0.5) is 5.69 Å².